The molecule has 6 heteroatoms. The second-order valence-corrected chi connectivity index (χ2v) is 4.14. The Bertz CT molecular complexity index is 500. The van der Waals surface area contributed by atoms with E-state index in [2.05, 4.69) is 16.8 Å². The molecule has 21 heavy (non-hydrogen) atoms. The molecule has 0 aliphatic carbocycles. The average molecular weight is 292 g/mol. The van der Waals surface area contributed by atoms with Crippen LogP contribution in [0.25, 0.3) is 0 Å². The SMILES string of the molecule is COCCN(CCOC)C(=O)c1ncccc1C#CCO. The number of carbonyl (C=O) groups is 1. The van der Waals surface area contributed by atoms with Gasteiger partial charge in [0.1, 0.15) is 12.3 Å². The first-order valence-corrected chi connectivity index (χ1v) is 6.56. The molecule has 0 unspecified atom stereocenters. The zero-order valence-electron chi connectivity index (χ0n) is 12.3. The van der Waals surface area contributed by atoms with Gasteiger partial charge in [-0.25, -0.2) is 4.98 Å². The fourth-order valence-corrected chi connectivity index (χ4v) is 1.68. The van der Waals surface area contributed by atoms with Crippen LogP contribution in [0.5, 0.6) is 0 Å². The van der Waals surface area contributed by atoms with Gasteiger partial charge < -0.3 is 19.5 Å². The van der Waals surface area contributed by atoms with Crippen LogP contribution in [0.4, 0.5) is 0 Å². The molecule has 0 aliphatic heterocycles. The van der Waals surface area contributed by atoms with E-state index in [4.69, 9.17) is 14.6 Å². The maximum absolute atomic E-state index is 12.6. The van der Waals surface area contributed by atoms with E-state index in [-0.39, 0.29) is 18.2 Å². The van der Waals surface area contributed by atoms with Crippen LogP contribution < -0.4 is 0 Å². The van der Waals surface area contributed by atoms with Crippen molar-refractivity contribution in [1.29, 1.82) is 0 Å². The second-order valence-electron chi connectivity index (χ2n) is 4.14. The lowest BCUT2D eigenvalue weighted by Crippen LogP contribution is -2.37. The summed E-state index contributed by atoms with van der Waals surface area (Å²) in [6, 6.07) is 3.40. The molecule has 0 aromatic carbocycles. The van der Waals surface area contributed by atoms with Crippen molar-refractivity contribution >= 4 is 5.91 Å². The molecule has 0 radical (unpaired) electrons. The molecule has 0 fully saturated rings. The minimum absolute atomic E-state index is 0.230. The monoisotopic (exact) mass is 292 g/mol. The zero-order chi connectivity index (χ0) is 15.5. The molecule has 1 amide bonds. The van der Waals surface area contributed by atoms with Gasteiger partial charge in [-0.05, 0) is 12.1 Å². The summed E-state index contributed by atoms with van der Waals surface area (Å²) in [6.07, 6.45) is 1.54. The summed E-state index contributed by atoms with van der Waals surface area (Å²) in [5, 5.41) is 8.78. The molecule has 0 saturated heterocycles. The number of carbonyl (C=O) groups excluding carboxylic acids is 1. The highest BCUT2D eigenvalue weighted by atomic mass is 16.5. The van der Waals surface area contributed by atoms with Crippen LogP contribution in [-0.2, 0) is 9.47 Å². The maximum Gasteiger partial charge on any atom is 0.273 e. The second kappa shape index (κ2) is 9.88. The first kappa shape index (κ1) is 17.1. The van der Waals surface area contributed by atoms with E-state index in [0.29, 0.717) is 31.9 Å². The quantitative estimate of drug-likeness (QED) is 0.725. The Balaban J connectivity index is 2.96. The van der Waals surface area contributed by atoms with E-state index >= 15 is 0 Å². The highest BCUT2D eigenvalue weighted by molar-refractivity contribution is 5.94. The molecule has 0 aliphatic rings. The zero-order valence-corrected chi connectivity index (χ0v) is 12.3. The number of amides is 1. The van der Waals surface area contributed by atoms with E-state index in [0.717, 1.165) is 0 Å². The number of methoxy groups -OCH3 is 2. The first-order chi connectivity index (χ1) is 10.2. The Morgan fingerprint density at radius 1 is 1.33 bits per heavy atom. The van der Waals surface area contributed by atoms with Gasteiger partial charge in [0.25, 0.3) is 5.91 Å². The molecule has 114 valence electrons. The van der Waals surface area contributed by atoms with Crippen molar-refractivity contribution in [1.82, 2.24) is 9.88 Å². The Morgan fingerprint density at radius 3 is 2.57 bits per heavy atom. The van der Waals surface area contributed by atoms with Gasteiger partial charge >= 0.3 is 0 Å². The van der Waals surface area contributed by atoms with Crippen molar-refractivity contribution in [3.05, 3.63) is 29.6 Å². The van der Waals surface area contributed by atoms with E-state index in [1.165, 1.54) is 0 Å². The van der Waals surface area contributed by atoms with Crippen LogP contribution in [-0.4, -0.2) is 68.0 Å². The van der Waals surface area contributed by atoms with Gasteiger partial charge in [0.15, 0.2) is 0 Å². The van der Waals surface area contributed by atoms with Crippen LogP contribution in [0.1, 0.15) is 16.1 Å². The van der Waals surface area contributed by atoms with E-state index < -0.39 is 0 Å². The highest BCUT2D eigenvalue weighted by Crippen LogP contribution is 2.08. The first-order valence-electron chi connectivity index (χ1n) is 6.56. The number of nitrogens with zero attached hydrogens (tertiary/aromatic N) is 2. The van der Waals surface area contributed by atoms with Gasteiger partial charge in [0.2, 0.25) is 0 Å². The number of aliphatic hydroxyl groups is 1. The van der Waals surface area contributed by atoms with E-state index in [1.54, 1.807) is 37.4 Å². The number of pyridine rings is 1. The van der Waals surface area contributed by atoms with Crippen LogP contribution in [0, 0.1) is 11.8 Å². The molecule has 0 bridgehead atoms. The lowest BCUT2D eigenvalue weighted by Gasteiger charge is -2.22. The molecule has 0 spiro atoms. The van der Waals surface area contributed by atoms with Crippen LogP contribution in [0.15, 0.2) is 18.3 Å². The van der Waals surface area contributed by atoms with Crippen molar-refractivity contribution < 1.29 is 19.4 Å². The van der Waals surface area contributed by atoms with Gasteiger partial charge in [0, 0.05) is 33.5 Å². The number of ether oxygens (including phenoxy) is 2. The number of hydrogen-bond donors (Lipinski definition) is 1. The van der Waals surface area contributed by atoms with E-state index in [1.807, 2.05) is 0 Å². The van der Waals surface area contributed by atoms with Gasteiger partial charge in [-0.1, -0.05) is 11.8 Å². The van der Waals surface area contributed by atoms with Crippen molar-refractivity contribution in [2.75, 3.05) is 47.1 Å². The normalized spacial score (nSPS) is 9.86. The van der Waals surface area contributed by atoms with Gasteiger partial charge in [0.05, 0.1) is 18.8 Å². The summed E-state index contributed by atoms with van der Waals surface area (Å²) in [7, 11) is 3.16. The van der Waals surface area contributed by atoms with Crippen molar-refractivity contribution in [2.45, 2.75) is 0 Å². The minimum atomic E-state index is -0.264. The standard InChI is InChI=1S/C15H20N2O4/c1-20-11-8-17(9-12-21-2)15(19)14-13(6-4-10-18)5-3-7-16-14/h3,5,7,18H,8-12H2,1-2H3. The molecule has 1 aromatic rings. The Hall–Kier alpha value is -1.94. The fraction of sp³-hybridized carbons (Fsp3) is 0.467. The lowest BCUT2D eigenvalue weighted by molar-refractivity contribution is 0.0621. The molecule has 1 heterocycles. The molecule has 1 rings (SSSR count). The minimum Gasteiger partial charge on any atom is -0.384 e. The third-order valence-corrected chi connectivity index (χ3v) is 2.73. The van der Waals surface area contributed by atoms with Crippen molar-refractivity contribution in [3.8, 4) is 11.8 Å². The van der Waals surface area contributed by atoms with Crippen molar-refractivity contribution in [2.24, 2.45) is 0 Å². The fourth-order valence-electron chi connectivity index (χ4n) is 1.68. The van der Waals surface area contributed by atoms with Gasteiger partial charge in [-0.2, -0.15) is 0 Å². The topological polar surface area (TPSA) is 71.9 Å². The predicted octanol–water partition coefficient (Wildman–Crippen LogP) is 0.160. The Kier molecular flexibility index (Phi) is 8.05. The highest BCUT2D eigenvalue weighted by Gasteiger charge is 2.19. The summed E-state index contributed by atoms with van der Waals surface area (Å²) in [5.74, 6) is 5.04. The predicted molar refractivity (Wildman–Crippen MR) is 77.9 cm³/mol. The molecular weight excluding hydrogens is 272 g/mol. The largest absolute Gasteiger partial charge is 0.384 e. The summed E-state index contributed by atoms with van der Waals surface area (Å²) in [4.78, 5) is 18.3. The third kappa shape index (κ3) is 5.52. The van der Waals surface area contributed by atoms with Crippen molar-refractivity contribution in [3.63, 3.8) is 0 Å². The Labute approximate surface area is 124 Å². The number of hydrogen-bond acceptors (Lipinski definition) is 5. The molecule has 0 saturated carbocycles. The van der Waals surface area contributed by atoms with Crippen LogP contribution >= 0.6 is 0 Å². The number of aromatic nitrogens is 1. The molecule has 0 atom stereocenters. The Morgan fingerprint density at radius 2 is 2.00 bits per heavy atom. The summed E-state index contributed by atoms with van der Waals surface area (Å²) in [5.41, 5.74) is 0.766. The van der Waals surface area contributed by atoms with Gasteiger partial charge in [-0.15, -0.1) is 0 Å². The third-order valence-electron chi connectivity index (χ3n) is 2.73. The maximum atomic E-state index is 12.6. The van der Waals surface area contributed by atoms with E-state index in [9.17, 15) is 4.79 Å². The summed E-state index contributed by atoms with van der Waals surface area (Å²) < 4.78 is 10.0. The number of aliphatic hydroxyl groups excluding tert-OH is 1. The van der Waals surface area contributed by atoms with Gasteiger partial charge in [-0.3, -0.25) is 4.79 Å². The number of rotatable bonds is 7. The average Bonchev–Trinajstić information content (AvgIpc) is 2.52. The lowest BCUT2D eigenvalue weighted by atomic mass is 10.1. The molecule has 1 aromatic heterocycles. The molecule has 6 nitrogen and oxygen atoms in total. The van der Waals surface area contributed by atoms with Crippen LogP contribution in [0.3, 0.4) is 0 Å². The summed E-state index contributed by atoms with van der Waals surface area (Å²) in [6.45, 7) is 1.49. The van der Waals surface area contributed by atoms with Crippen LogP contribution in [0.2, 0.25) is 0 Å². The summed E-state index contributed by atoms with van der Waals surface area (Å²) >= 11 is 0. The molecule has 1 N–H and O–H groups in total. The smallest absolute Gasteiger partial charge is 0.273 e. The molecular formula is C15H20N2O4.